The van der Waals surface area contributed by atoms with Gasteiger partial charge in [-0.3, -0.25) is 0 Å². The summed E-state index contributed by atoms with van der Waals surface area (Å²) < 4.78 is 2.64. The van der Waals surface area contributed by atoms with Crippen LogP contribution in [0, 0.1) is 0 Å². The van der Waals surface area contributed by atoms with E-state index in [1.54, 1.807) is 0 Å². The maximum atomic E-state index is 2.37. The molecule has 0 amide bonds. The molecule has 66 heavy (non-hydrogen) atoms. The largest absolute Gasteiger partial charge is 0.311 e. The van der Waals surface area contributed by atoms with Crippen LogP contribution < -0.4 is 4.90 Å². The Morgan fingerprint density at radius 1 is 0.212 bits per heavy atom. The van der Waals surface area contributed by atoms with E-state index >= 15 is 0 Å². The first kappa shape index (κ1) is 39.3. The maximum absolute atomic E-state index is 2.37. The van der Waals surface area contributed by atoms with E-state index in [2.05, 4.69) is 266 Å². The maximum Gasteiger partial charge on any atom is 0.0462 e. The zero-order chi connectivity index (χ0) is 43.8. The molecule has 0 aliphatic heterocycles. The van der Waals surface area contributed by atoms with Crippen LogP contribution in [0.1, 0.15) is 0 Å². The summed E-state index contributed by atoms with van der Waals surface area (Å²) in [6.45, 7) is 0. The molecule has 0 fully saturated rings. The van der Waals surface area contributed by atoms with E-state index in [0.29, 0.717) is 0 Å². The van der Waals surface area contributed by atoms with Crippen LogP contribution in [0.5, 0.6) is 0 Å². The second kappa shape index (κ2) is 17.0. The van der Waals surface area contributed by atoms with Crippen molar-refractivity contribution in [3.8, 4) is 66.8 Å². The van der Waals surface area contributed by atoms with Crippen LogP contribution in [0.2, 0.25) is 0 Å². The van der Waals surface area contributed by atoms with Crippen LogP contribution >= 0.6 is 11.3 Å². The summed E-state index contributed by atoms with van der Waals surface area (Å²) in [4.78, 5) is 2.37. The zero-order valence-corrected chi connectivity index (χ0v) is 37.0. The van der Waals surface area contributed by atoms with Crippen molar-refractivity contribution < 1.29 is 0 Å². The van der Waals surface area contributed by atoms with Gasteiger partial charge in [-0.2, -0.15) is 0 Å². The molecule has 0 aliphatic carbocycles. The average Bonchev–Trinajstić information content (AvgIpc) is 3.78. The number of nitrogens with zero attached hydrogens (tertiary/aromatic N) is 1. The topological polar surface area (TPSA) is 3.24 Å². The van der Waals surface area contributed by atoms with E-state index in [1.165, 1.54) is 97.7 Å². The lowest BCUT2D eigenvalue weighted by Crippen LogP contribution is -2.09. The third-order valence-electron chi connectivity index (χ3n) is 12.8. The Labute approximate surface area is 389 Å². The molecule has 1 aromatic heterocycles. The second-order valence-electron chi connectivity index (χ2n) is 17.0. The molecule has 0 unspecified atom stereocenters. The molecule has 0 saturated heterocycles. The summed E-state index contributed by atoms with van der Waals surface area (Å²) in [7, 11) is 0. The van der Waals surface area contributed by atoms with Gasteiger partial charge in [0.15, 0.2) is 0 Å². The first-order valence-corrected chi connectivity index (χ1v) is 23.4. The SMILES string of the molecule is c1ccc(-c2cc(-c3ccccc3)cc(-c3ccc(N(c4ccc(-c5cccc(-c6ccc7ccccc7c6)c5)cc4)c4ccc(-c5ccc6c(c5)sc5ccccc56)cc4)cc3)c2)cc1. The third-order valence-corrected chi connectivity index (χ3v) is 14.0. The minimum Gasteiger partial charge on any atom is -0.311 e. The highest BCUT2D eigenvalue weighted by Crippen LogP contribution is 2.41. The summed E-state index contributed by atoms with van der Waals surface area (Å²) in [6.07, 6.45) is 0. The zero-order valence-electron chi connectivity index (χ0n) is 36.2. The number of thiophene rings is 1. The van der Waals surface area contributed by atoms with E-state index in [-0.39, 0.29) is 0 Å². The van der Waals surface area contributed by atoms with E-state index in [9.17, 15) is 0 Å². The van der Waals surface area contributed by atoms with Gasteiger partial charge in [0.2, 0.25) is 0 Å². The lowest BCUT2D eigenvalue weighted by Gasteiger charge is -2.26. The molecule has 0 atom stereocenters. The standard InChI is InChI=1S/C64H43NS/c1-3-12-44(13-4-1)55-40-56(45-14-5-2-6-15-45)42-57(41-55)49-28-35-60(36-29-49)65(59-33-26-48(27-34-59)54-30-37-62-61-20-9-10-21-63(61)66-64(62)43-54)58-31-24-47(25-32-58)51-18-11-19-52(38-51)53-23-22-46-16-7-8-17-50(46)39-53/h1-43H. The molecule has 0 spiro atoms. The second-order valence-corrected chi connectivity index (χ2v) is 18.0. The Morgan fingerprint density at radius 3 is 1.18 bits per heavy atom. The summed E-state index contributed by atoms with van der Waals surface area (Å²) in [5, 5.41) is 5.15. The minimum absolute atomic E-state index is 1.09. The van der Waals surface area contributed by atoms with Crippen LogP contribution in [0.3, 0.4) is 0 Å². The van der Waals surface area contributed by atoms with Crippen molar-refractivity contribution in [1.29, 1.82) is 0 Å². The van der Waals surface area contributed by atoms with Crippen molar-refractivity contribution in [3.05, 3.63) is 261 Å². The van der Waals surface area contributed by atoms with Crippen molar-refractivity contribution in [2.75, 3.05) is 4.90 Å². The van der Waals surface area contributed by atoms with Crippen LogP contribution in [-0.4, -0.2) is 0 Å². The van der Waals surface area contributed by atoms with Gasteiger partial charge in [-0.05, 0) is 156 Å². The van der Waals surface area contributed by atoms with Gasteiger partial charge >= 0.3 is 0 Å². The molecule has 11 aromatic carbocycles. The third kappa shape index (κ3) is 7.64. The number of fused-ring (bicyclic) bond motifs is 4. The first-order chi connectivity index (χ1) is 32.7. The molecule has 12 aromatic rings. The monoisotopic (exact) mass is 857 g/mol. The molecule has 0 aliphatic rings. The molecular formula is C64H43NS. The molecule has 310 valence electrons. The van der Waals surface area contributed by atoms with Gasteiger partial charge in [0.1, 0.15) is 0 Å². The van der Waals surface area contributed by atoms with E-state index in [0.717, 1.165) is 17.1 Å². The van der Waals surface area contributed by atoms with Crippen molar-refractivity contribution >= 4 is 59.3 Å². The average molecular weight is 858 g/mol. The minimum atomic E-state index is 1.09. The quantitative estimate of drug-likeness (QED) is 0.140. The molecule has 0 saturated carbocycles. The van der Waals surface area contributed by atoms with Gasteiger partial charge in [0.25, 0.3) is 0 Å². The Bertz CT molecular complexity index is 3610. The Hall–Kier alpha value is -8.30. The summed E-state index contributed by atoms with van der Waals surface area (Å²) in [6, 6.07) is 95.2. The molecule has 0 N–H and O–H groups in total. The predicted molar refractivity (Wildman–Crippen MR) is 284 cm³/mol. The van der Waals surface area contributed by atoms with Crippen LogP contribution in [0.4, 0.5) is 17.1 Å². The Balaban J connectivity index is 0.910. The molecule has 0 radical (unpaired) electrons. The van der Waals surface area contributed by atoms with Crippen molar-refractivity contribution in [3.63, 3.8) is 0 Å². The molecule has 1 nitrogen and oxygen atoms in total. The fraction of sp³-hybridized carbons (Fsp3) is 0. The number of rotatable bonds is 9. The predicted octanol–water partition coefficient (Wildman–Crippen LogP) is 18.7. The fourth-order valence-electron chi connectivity index (χ4n) is 9.40. The number of anilines is 3. The highest BCUT2D eigenvalue weighted by Gasteiger charge is 2.16. The first-order valence-electron chi connectivity index (χ1n) is 22.5. The molecule has 12 rings (SSSR count). The van der Waals surface area contributed by atoms with Gasteiger partial charge in [-0.15, -0.1) is 11.3 Å². The lowest BCUT2D eigenvalue weighted by atomic mass is 9.93. The highest BCUT2D eigenvalue weighted by atomic mass is 32.1. The Morgan fingerprint density at radius 2 is 0.591 bits per heavy atom. The lowest BCUT2D eigenvalue weighted by molar-refractivity contribution is 1.28. The van der Waals surface area contributed by atoms with Gasteiger partial charge < -0.3 is 4.90 Å². The van der Waals surface area contributed by atoms with Crippen LogP contribution in [0.15, 0.2) is 261 Å². The summed E-state index contributed by atoms with van der Waals surface area (Å²) >= 11 is 1.86. The Kier molecular flexibility index (Phi) is 10.1. The molecule has 1 heterocycles. The highest BCUT2D eigenvalue weighted by molar-refractivity contribution is 7.25. The van der Waals surface area contributed by atoms with E-state index < -0.39 is 0 Å². The van der Waals surface area contributed by atoms with Gasteiger partial charge in [-0.1, -0.05) is 182 Å². The summed E-state index contributed by atoms with van der Waals surface area (Å²) in [5.74, 6) is 0. The van der Waals surface area contributed by atoms with Crippen molar-refractivity contribution in [2.45, 2.75) is 0 Å². The van der Waals surface area contributed by atoms with Gasteiger partial charge in [0, 0.05) is 37.2 Å². The summed E-state index contributed by atoms with van der Waals surface area (Å²) in [5.41, 5.74) is 17.7. The van der Waals surface area contributed by atoms with E-state index in [1.807, 2.05) is 11.3 Å². The number of hydrogen-bond acceptors (Lipinski definition) is 2. The number of hydrogen-bond donors (Lipinski definition) is 0. The van der Waals surface area contributed by atoms with E-state index in [4.69, 9.17) is 0 Å². The van der Waals surface area contributed by atoms with Gasteiger partial charge in [-0.25, -0.2) is 0 Å². The smallest absolute Gasteiger partial charge is 0.0462 e. The van der Waals surface area contributed by atoms with Crippen LogP contribution in [-0.2, 0) is 0 Å². The van der Waals surface area contributed by atoms with Gasteiger partial charge in [0.05, 0.1) is 0 Å². The number of benzene rings is 11. The van der Waals surface area contributed by atoms with Crippen molar-refractivity contribution in [2.24, 2.45) is 0 Å². The molecule has 0 bridgehead atoms. The normalized spacial score (nSPS) is 11.3. The molecule has 2 heteroatoms. The molecular weight excluding hydrogens is 815 g/mol. The van der Waals surface area contributed by atoms with Crippen LogP contribution in [0.25, 0.3) is 97.7 Å². The fourth-order valence-corrected chi connectivity index (χ4v) is 10.5. The van der Waals surface area contributed by atoms with Crippen molar-refractivity contribution in [1.82, 2.24) is 0 Å².